The molecule has 0 spiro atoms. The second kappa shape index (κ2) is 7.78. The number of hydrogen-bond acceptors (Lipinski definition) is 6. The lowest BCUT2D eigenvalue weighted by Gasteiger charge is -2.26. The molecule has 3 heterocycles. The molecule has 2 aliphatic rings. The van der Waals surface area contributed by atoms with E-state index < -0.39 is 10.8 Å². The SMILES string of the molecule is N=C1/C(=C\c2ccc(-c3ccccc3[N+](=O)[O-])o2)C(=O)N=C2SC=C(c3ccccc3)N12. The molecule has 9 heteroatoms. The largest absolute Gasteiger partial charge is 0.456 e. The van der Waals surface area contributed by atoms with Crippen molar-refractivity contribution in [3.05, 3.63) is 99.1 Å². The number of benzene rings is 2. The predicted octanol–water partition coefficient (Wildman–Crippen LogP) is 5.16. The maximum absolute atomic E-state index is 12.6. The third-order valence-electron chi connectivity index (χ3n) is 4.96. The van der Waals surface area contributed by atoms with Gasteiger partial charge in [0, 0.05) is 11.5 Å². The summed E-state index contributed by atoms with van der Waals surface area (Å²) < 4.78 is 5.77. The molecule has 1 N–H and O–H groups in total. The van der Waals surface area contributed by atoms with Gasteiger partial charge in [0.05, 0.1) is 21.8 Å². The topological polar surface area (TPSA) is 113 Å². The number of furan rings is 1. The molecule has 0 aliphatic carbocycles. The lowest BCUT2D eigenvalue weighted by atomic mass is 10.1. The molecule has 5 rings (SSSR count). The van der Waals surface area contributed by atoms with E-state index in [1.165, 1.54) is 23.9 Å². The van der Waals surface area contributed by atoms with Gasteiger partial charge in [0.15, 0.2) is 5.17 Å². The van der Waals surface area contributed by atoms with E-state index in [-0.39, 0.29) is 17.1 Å². The van der Waals surface area contributed by atoms with Crippen molar-refractivity contribution in [3.63, 3.8) is 0 Å². The van der Waals surface area contributed by atoms with Crippen LogP contribution in [0.1, 0.15) is 11.3 Å². The fourth-order valence-electron chi connectivity index (χ4n) is 3.47. The van der Waals surface area contributed by atoms with Crippen molar-refractivity contribution in [2.45, 2.75) is 0 Å². The maximum atomic E-state index is 12.6. The van der Waals surface area contributed by atoms with Crippen LogP contribution in [0, 0.1) is 15.5 Å². The first-order valence-electron chi connectivity index (χ1n) is 9.52. The quantitative estimate of drug-likeness (QED) is 0.339. The Bertz CT molecular complexity index is 1370. The highest BCUT2D eigenvalue weighted by molar-refractivity contribution is 8.17. The Labute approximate surface area is 186 Å². The van der Waals surface area contributed by atoms with Gasteiger partial charge in [-0.3, -0.25) is 25.2 Å². The molecule has 2 aliphatic heterocycles. The molecule has 8 nitrogen and oxygen atoms in total. The van der Waals surface area contributed by atoms with Crippen LogP contribution in [0.25, 0.3) is 23.1 Å². The Kier molecular flexibility index (Phi) is 4.79. The smallest absolute Gasteiger partial charge is 0.283 e. The van der Waals surface area contributed by atoms with Gasteiger partial charge in [0.1, 0.15) is 17.4 Å². The van der Waals surface area contributed by atoms with E-state index in [0.717, 1.165) is 11.3 Å². The van der Waals surface area contributed by atoms with Crippen LogP contribution >= 0.6 is 11.8 Å². The fraction of sp³-hybridized carbons (Fsp3) is 0. The number of carbonyl (C=O) groups excluding carboxylic acids is 1. The Morgan fingerprint density at radius 2 is 1.81 bits per heavy atom. The average Bonchev–Trinajstić information content (AvgIpc) is 3.44. The number of nitrogens with zero attached hydrogens (tertiary/aromatic N) is 3. The molecule has 0 saturated carbocycles. The van der Waals surface area contributed by atoms with Crippen molar-refractivity contribution in [2.24, 2.45) is 4.99 Å². The number of aliphatic imine (C=N–C) groups is 1. The summed E-state index contributed by atoms with van der Waals surface area (Å²) in [5, 5.41) is 22.3. The van der Waals surface area contributed by atoms with Gasteiger partial charge < -0.3 is 4.42 Å². The number of nitro groups is 1. The van der Waals surface area contributed by atoms with Gasteiger partial charge in [0.25, 0.3) is 11.6 Å². The highest BCUT2D eigenvalue weighted by Gasteiger charge is 2.36. The van der Waals surface area contributed by atoms with Gasteiger partial charge >= 0.3 is 0 Å². The van der Waals surface area contributed by atoms with Crippen LogP contribution in [0.4, 0.5) is 5.69 Å². The molecule has 0 radical (unpaired) electrons. The van der Waals surface area contributed by atoms with E-state index >= 15 is 0 Å². The first-order valence-corrected chi connectivity index (χ1v) is 10.4. The van der Waals surface area contributed by atoms with E-state index in [0.29, 0.717) is 22.3 Å². The van der Waals surface area contributed by atoms with Gasteiger partial charge in [-0.1, -0.05) is 54.2 Å². The molecule has 0 fully saturated rings. The van der Waals surface area contributed by atoms with Crippen molar-refractivity contribution in [1.82, 2.24) is 4.90 Å². The highest BCUT2D eigenvalue weighted by Crippen LogP contribution is 2.38. The van der Waals surface area contributed by atoms with Crippen molar-refractivity contribution in [1.29, 1.82) is 5.41 Å². The first kappa shape index (κ1) is 19.7. The summed E-state index contributed by atoms with van der Waals surface area (Å²) in [4.78, 5) is 29.2. The summed E-state index contributed by atoms with van der Waals surface area (Å²) in [6, 6.07) is 19.0. The van der Waals surface area contributed by atoms with Gasteiger partial charge in [0.2, 0.25) is 0 Å². The Hall–Kier alpha value is -4.24. The van der Waals surface area contributed by atoms with Gasteiger partial charge in [-0.2, -0.15) is 4.99 Å². The van der Waals surface area contributed by atoms with E-state index in [9.17, 15) is 14.9 Å². The first-order chi connectivity index (χ1) is 15.5. The Morgan fingerprint density at radius 3 is 2.59 bits per heavy atom. The molecule has 3 aromatic rings. The molecule has 1 amide bonds. The fourth-order valence-corrected chi connectivity index (χ4v) is 4.36. The van der Waals surface area contributed by atoms with Crippen LogP contribution in [0.5, 0.6) is 0 Å². The molecule has 0 bridgehead atoms. The minimum Gasteiger partial charge on any atom is -0.456 e. The van der Waals surface area contributed by atoms with Crippen LogP contribution in [0.2, 0.25) is 0 Å². The molecule has 2 aromatic carbocycles. The summed E-state index contributed by atoms with van der Waals surface area (Å²) in [5.41, 5.74) is 1.99. The van der Waals surface area contributed by atoms with Crippen LogP contribution in [0.15, 0.2) is 87.1 Å². The predicted molar refractivity (Wildman–Crippen MR) is 123 cm³/mol. The summed E-state index contributed by atoms with van der Waals surface area (Å²) in [5.74, 6) is 0.0376. The summed E-state index contributed by atoms with van der Waals surface area (Å²) >= 11 is 1.29. The number of amidine groups is 2. The number of rotatable bonds is 4. The normalized spacial score (nSPS) is 16.8. The van der Waals surface area contributed by atoms with Crippen LogP contribution in [-0.4, -0.2) is 26.7 Å². The van der Waals surface area contributed by atoms with Gasteiger partial charge in [-0.25, -0.2) is 0 Å². The van der Waals surface area contributed by atoms with Crippen LogP contribution in [0.3, 0.4) is 0 Å². The number of hydrogen-bond donors (Lipinski definition) is 1. The highest BCUT2D eigenvalue weighted by atomic mass is 32.2. The van der Waals surface area contributed by atoms with E-state index in [1.54, 1.807) is 35.2 Å². The summed E-state index contributed by atoms with van der Waals surface area (Å²) in [6.45, 7) is 0. The van der Waals surface area contributed by atoms with Crippen LogP contribution < -0.4 is 0 Å². The summed E-state index contributed by atoms with van der Waals surface area (Å²) in [7, 11) is 0. The number of thioether (sulfide) groups is 1. The third-order valence-corrected chi connectivity index (χ3v) is 5.79. The molecular formula is C23H14N4O4S. The maximum Gasteiger partial charge on any atom is 0.283 e. The van der Waals surface area contributed by atoms with Gasteiger partial charge in [-0.15, -0.1) is 0 Å². The molecule has 32 heavy (non-hydrogen) atoms. The standard InChI is InChI=1S/C23H14N4O4S/c24-21-17(12-15-10-11-20(31-15)16-8-4-5-9-18(16)27(29)30)22(28)25-23-26(21)19(13-32-23)14-6-2-1-3-7-14/h1-13,24H/b17-12+,24-21?. The van der Waals surface area contributed by atoms with E-state index in [1.807, 2.05) is 35.7 Å². The van der Waals surface area contributed by atoms with Gasteiger partial charge in [-0.05, 0) is 29.8 Å². The monoisotopic (exact) mass is 442 g/mol. The average molecular weight is 442 g/mol. The van der Waals surface area contributed by atoms with Crippen molar-refractivity contribution in [2.75, 3.05) is 0 Å². The molecule has 0 saturated heterocycles. The van der Waals surface area contributed by atoms with E-state index in [2.05, 4.69) is 4.99 Å². The Balaban J connectivity index is 1.50. The number of carbonyl (C=O) groups is 1. The van der Waals surface area contributed by atoms with Crippen LogP contribution in [-0.2, 0) is 4.79 Å². The lowest BCUT2D eigenvalue weighted by molar-refractivity contribution is -0.384. The number of para-hydroxylation sites is 1. The third kappa shape index (κ3) is 3.34. The Morgan fingerprint density at radius 1 is 1.06 bits per heavy atom. The minimum absolute atomic E-state index is 0.0104. The zero-order chi connectivity index (χ0) is 22.2. The lowest BCUT2D eigenvalue weighted by Crippen LogP contribution is -2.37. The second-order valence-electron chi connectivity index (χ2n) is 6.90. The minimum atomic E-state index is -0.542. The molecule has 1 aromatic heterocycles. The number of nitro benzene ring substituents is 1. The second-order valence-corrected chi connectivity index (χ2v) is 7.74. The molecule has 0 unspecified atom stereocenters. The zero-order valence-corrected chi connectivity index (χ0v) is 17.2. The van der Waals surface area contributed by atoms with Crippen molar-refractivity contribution < 1.29 is 14.1 Å². The molecular weight excluding hydrogens is 428 g/mol. The number of nitrogens with one attached hydrogen (secondary N) is 1. The number of amides is 1. The summed E-state index contributed by atoms with van der Waals surface area (Å²) in [6.07, 6.45) is 1.44. The molecule has 156 valence electrons. The van der Waals surface area contributed by atoms with Crippen molar-refractivity contribution in [3.8, 4) is 11.3 Å². The van der Waals surface area contributed by atoms with Crippen molar-refractivity contribution >= 4 is 46.1 Å². The number of fused-ring (bicyclic) bond motifs is 1. The molecule has 0 atom stereocenters. The zero-order valence-electron chi connectivity index (χ0n) is 16.4. The van der Waals surface area contributed by atoms with E-state index in [4.69, 9.17) is 9.83 Å².